The van der Waals surface area contributed by atoms with Crippen LogP contribution in [-0.4, -0.2) is 19.0 Å². The first-order valence-corrected chi connectivity index (χ1v) is 5.21. The maximum absolute atomic E-state index is 11.8. The monoisotopic (exact) mass is 211 g/mol. The molecule has 4 heteroatoms. The highest BCUT2D eigenvalue weighted by Gasteiger charge is 2.30. The summed E-state index contributed by atoms with van der Waals surface area (Å²) < 4.78 is 0. The molecular weight excluding hydrogens is 190 g/mol. The van der Waals surface area contributed by atoms with E-state index in [0.29, 0.717) is 19.5 Å². The Kier molecular flexibility index (Phi) is 4.76. The first-order chi connectivity index (χ1) is 6.81. The van der Waals surface area contributed by atoms with Crippen LogP contribution in [0.25, 0.3) is 0 Å². The first kappa shape index (κ1) is 13.9. The van der Waals surface area contributed by atoms with Crippen molar-refractivity contribution in [1.29, 1.82) is 5.26 Å². The van der Waals surface area contributed by atoms with Gasteiger partial charge in [0.1, 0.15) is 0 Å². The van der Waals surface area contributed by atoms with Crippen LogP contribution in [-0.2, 0) is 4.79 Å². The Balaban J connectivity index is 4.34. The molecule has 15 heavy (non-hydrogen) atoms. The van der Waals surface area contributed by atoms with Gasteiger partial charge in [-0.15, -0.1) is 0 Å². The molecule has 86 valence electrons. The smallest absolute Gasteiger partial charge is 0.227 e. The maximum atomic E-state index is 11.8. The molecule has 0 saturated carbocycles. The maximum Gasteiger partial charge on any atom is 0.227 e. The Morgan fingerprint density at radius 2 is 2.00 bits per heavy atom. The van der Waals surface area contributed by atoms with Crippen LogP contribution in [0.2, 0.25) is 0 Å². The second kappa shape index (κ2) is 5.13. The number of hydrogen-bond acceptors (Lipinski definition) is 3. The minimum absolute atomic E-state index is 0.0733. The molecule has 1 atom stereocenters. The number of nitriles is 1. The van der Waals surface area contributed by atoms with Crippen molar-refractivity contribution in [3.05, 3.63) is 0 Å². The Morgan fingerprint density at radius 3 is 2.33 bits per heavy atom. The summed E-state index contributed by atoms with van der Waals surface area (Å²) in [5.41, 5.74) is 4.51. The number of amides is 1. The minimum Gasteiger partial charge on any atom is -0.354 e. The van der Waals surface area contributed by atoms with Crippen molar-refractivity contribution in [2.45, 2.75) is 34.1 Å². The van der Waals surface area contributed by atoms with E-state index in [1.54, 1.807) is 13.8 Å². The van der Waals surface area contributed by atoms with Gasteiger partial charge in [-0.2, -0.15) is 5.26 Å². The summed E-state index contributed by atoms with van der Waals surface area (Å²) in [6, 6.07) is 2.14. The zero-order valence-electron chi connectivity index (χ0n) is 10.1. The number of nitrogens with zero attached hydrogens (tertiary/aromatic N) is 1. The van der Waals surface area contributed by atoms with Gasteiger partial charge in [-0.25, -0.2) is 0 Å². The van der Waals surface area contributed by atoms with E-state index < -0.39 is 10.8 Å². The van der Waals surface area contributed by atoms with Gasteiger partial charge in [0.2, 0.25) is 5.91 Å². The molecule has 0 heterocycles. The molecule has 0 bridgehead atoms. The number of nitrogens with one attached hydrogen (secondary N) is 1. The van der Waals surface area contributed by atoms with Gasteiger partial charge in [-0.1, -0.05) is 6.92 Å². The third kappa shape index (κ3) is 3.88. The molecule has 1 amide bonds. The third-order valence-corrected chi connectivity index (χ3v) is 2.77. The lowest BCUT2D eigenvalue weighted by Gasteiger charge is -2.26. The number of rotatable bonds is 5. The van der Waals surface area contributed by atoms with Gasteiger partial charge in [0.05, 0.1) is 16.9 Å². The molecular formula is C11H21N3O. The SMILES string of the molecule is CCC(C)(CN)C(=O)NCC(C)(C)C#N. The lowest BCUT2D eigenvalue weighted by atomic mass is 9.86. The number of carbonyl (C=O) groups is 1. The van der Waals surface area contributed by atoms with Crippen LogP contribution >= 0.6 is 0 Å². The van der Waals surface area contributed by atoms with Gasteiger partial charge < -0.3 is 11.1 Å². The van der Waals surface area contributed by atoms with Crippen molar-refractivity contribution < 1.29 is 4.79 Å². The lowest BCUT2D eigenvalue weighted by Crippen LogP contribution is -2.46. The number of carbonyl (C=O) groups excluding carboxylic acids is 1. The normalized spacial score (nSPS) is 15.2. The fourth-order valence-corrected chi connectivity index (χ4v) is 0.952. The molecule has 0 aliphatic rings. The van der Waals surface area contributed by atoms with Crippen LogP contribution in [0.1, 0.15) is 34.1 Å². The zero-order valence-corrected chi connectivity index (χ0v) is 10.1. The van der Waals surface area contributed by atoms with E-state index in [1.165, 1.54) is 0 Å². The molecule has 3 N–H and O–H groups in total. The van der Waals surface area contributed by atoms with Crippen LogP contribution in [0, 0.1) is 22.2 Å². The quantitative estimate of drug-likeness (QED) is 0.712. The Hall–Kier alpha value is -1.08. The van der Waals surface area contributed by atoms with E-state index in [4.69, 9.17) is 11.0 Å². The molecule has 0 aromatic heterocycles. The molecule has 0 fully saturated rings. The predicted octanol–water partition coefficient (Wildman–Crippen LogP) is 1.03. The third-order valence-electron chi connectivity index (χ3n) is 2.77. The molecule has 0 radical (unpaired) electrons. The van der Waals surface area contributed by atoms with Crippen molar-refractivity contribution in [3.8, 4) is 6.07 Å². The highest BCUT2D eigenvalue weighted by molar-refractivity contribution is 5.82. The van der Waals surface area contributed by atoms with Gasteiger partial charge in [0, 0.05) is 13.1 Å². The Bertz CT molecular complexity index is 261. The topological polar surface area (TPSA) is 78.9 Å². The fraction of sp³-hybridized carbons (Fsp3) is 0.818. The van der Waals surface area contributed by atoms with Gasteiger partial charge in [-0.3, -0.25) is 4.79 Å². The zero-order chi connectivity index (χ0) is 12.1. The molecule has 1 unspecified atom stereocenters. The summed E-state index contributed by atoms with van der Waals surface area (Å²) in [6.07, 6.45) is 0.697. The summed E-state index contributed by atoms with van der Waals surface area (Å²) in [6.45, 7) is 8.03. The van der Waals surface area contributed by atoms with E-state index in [9.17, 15) is 4.79 Å². The number of hydrogen-bond donors (Lipinski definition) is 2. The highest BCUT2D eigenvalue weighted by Crippen LogP contribution is 2.20. The van der Waals surface area contributed by atoms with Crippen LogP contribution in [0.15, 0.2) is 0 Å². The standard InChI is InChI=1S/C11H21N3O/c1-5-11(4,7-13)9(15)14-8-10(2,3)6-12/h5,7-8,13H2,1-4H3,(H,14,15). The molecule has 0 spiro atoms. The van der Waals surface area contributed by atoms with Gasteiger partial charge in [0.25, 0.3) is 0 Å². The first-order valence-electron chi connectivity index (χ1n) is 5.21. The van der Waals surface area contributed by atoms with E-state index in [2.05, 4.69) is 11.4 Å². The Labute approximate surface area is 91.8 Å². The number of nitrogens with two attached hydrogens (primary N) is 1. The predicted molar refractivity (Wildman–Crippen MR) is 59.9 cm³/mol. The summed E-state index contributed by atoms with van der Waals surface area (Å²) in [4.78, 5) is 11.8. The van der Waals surface area contributed by atoms with Crippen LogP contribution < -0.4 is 11.1 Å². The van der Waals surface area contributed by atoms with Gasteiger partial charge >= 0.3 is 0 Å². The van der Waals surface area contributed by atoms with E-state index >= 15 is 0 Å². The van der Waals surface area contributed by atoms with Crippen LogP contribution in [0.3, 0.4) is 0 Å². The lowest BCUT2D eigenvalue weighted by molar-refractivity contribution is -0.130. The molecule has 0 aromatic carbocycles. The minimum atomic E-state index is -0.529. The van der Waals surface area contributed by atoms with Crippen molar-refractivity contribution >= 4 is 5.91 Å². The largest absolute Gasteiger partial charge is 0.354 e. The average Bonchev–Trinajstić information content (AvgIpc) is 2.24. The van der Waals surface area contributed by atoms with Gasteiger partial charge in [0.15, 0.2) is 0 Å². The average molecular weight is 211 g/mol. The molecule has 0 rings (SSSR count). The van der Waals surface area contributed by atoms with Crippen LogP contribution in [0.4, 0.5) is 0 Å². The molecule has 0 aromatic rings. The fourth-order valence-electron chi connectivity index (χ4n) is 0.952. The van der Waals surface area contributed by atoms with Crippen LogP contribution in [0.5, 0.6) is 0 Å². The summed E-state index contributed by atoms with van der Waals surface area (Å²) >= 11 is 0. The van der Waals surface area contributed by atoms with E-state index in [0.717, 1.165) is 0 Å². The van der Waals surface area contributed by atoms with Gasteiger partial charge in [-0.05, 0) is 27.2 Å². The van der Waals surface area contributed by atoms with Crippen molar-refractivity contribution in [1.82, 2.24) is 5.32 Å². The van der Waals surface area contributed by atoms with Crippen molar-refractivity contribution in [3.63, 3.8) is 0 Å². The Morgan fingerprint density at radius 1 is 1.47 bits per heavy atom. The van der Waals surface area contributed by atoms with Crippen molar-refractivity contribution in [2.75, 3.05) is 13.1 Å². The second-order valence-electron chi connectivity index (χ2n) is 4.80. The molecule has 0 aliphatic heterocycles. The second-order valence-corrected chi connectivity index (χ2v) is 4.80. The van der Waals surface area contributed by atoms with E-state index in [-0.39, 0.29) is 5.91 Å². The van der Waals surface area contributed by atoms with Crippen molar-refractivity contribution in [2.24, 2.45) is 16.6 Å². The molecule has 0 saturated heterocycles. The summed E-state index contributed by atoms with van der Waals surface area (Å²) in [7, 11) is 0. The molecule has 0 aliphatic carbocycles. The highest BCUT2D eigenvalue weighted by atomic mass is 16.2. The summed E-state index contributed by atoms with van der Waals surface area (Å²) in [5, 5.41) is 11.6. The van der Waals surface area contributed by atoms with E-state index in [1.807, 2.05) is 13.8 Å². The molecule has 4 nitrogen and oxygen atoms in total. The summed E-state index contributed by atoms with van der Waals surface area (Å²) in [5.74, 6) is -0.0733.